The van der Waals surface area contributed by atoms with Crippen LogP contribution in [0.2, 0.25) is 0 Å². The van der Waals surface area contributed by atoms with E-state index in [1.165, 1.54) is 12.1 Å². The molecule has 1 spiro atoms. The monoisotopic (exact) mass is 686 g/mol. The number of rotatable bonds is 6. The molecule has 2 heterocycles. The van der Waals surface area contributed by atoms with Crippen molar-refractivity contribution in [1.82, 2.24) is 15.1 Å². The second-order valence-electron chi connectivity index (χ2n) is 10.7. The second-order valence-corrected chi connectivity index (χ2v) is 10.7. The molecule has 0 saturated carbocycles. The lowest BCUT2D eigenvalue weighted by atomic mass is 9.85. The molecular weight excluding hydrogens is 660 g/mol. The summed E-state index contributed by atoms with van der Waals surface area (Å²) in [6.07, 6.45) is -4.44. The van der Waals surface area contributed by atoms with Crippen molar-refractivity contribution in [3.63, 3.8) is 0 Å². The second kappa shape index (κ2) is 14.4. The summed E-state index contributed by atoms with van der Waals surface area (Å²) in [7, 11) is 0. The zero-order chi connectivity index (χ0) is 35.4. The summed E-state index contributed by atoms with van der Waals surface area (Å²) in [5.74, 6) is -11.1. The van der Waals surface area contributed by atoms with Gasteiger partial charge < -0.3 is 20.2 Å². The van der Waals surface area contributed by atoms with Gasteiger partial charge in [0.15, 0.2) is 0 Å². The Morgan fingerprint density at radius 2 is 1.27 bits per heavy atom. The van der Waals surface area contributed by atoms with E-state index >= 15 is 0 Å². The Morgan fingerprint density at radius 3 is 1.71 bits per heavy atom. The Morgan fingerprint density at radius 1 is 0.812 bits per heavy atom. The molecular formula is C31H26F8N4O5. The number of carbonyl (C=O) groups excluding carboxylic acids is 3. The summed E-state index contributed by atoms with van der Waals surface area (Å²) in [6, 6.07) is 11.3. The molecule has 48 heavy (non-hydrogen) atoms. The predicted molar refractivity (Wildman–Crippen MR) is 152 cm³/mol. The lowest BCUT2D eigenvalue weighted by Crippen LogP contribution is -2.57. The van der Waals surface area contributed by atoms with Crippen molar-refractivity contribution in [3.8, 4) is 0 Å². The first-order chi connectivity index (χ1) is 22.6. The number of likely N-dealkylation sites (tertiary alicyclic amines) is 1. The first-order valence-electron chi connectivity index (χ1n) is 14.1. The van der Waals surface area contributed by atoms with Gasteiger partial charge in [-0.3, -0.25) is 19.3 Å². The fraction of sp³-hybridized carbons (Fsp3) is 0.290. The molecule has 0 unspecified atom stereocenters. The molecule has 9 nitrogen and oxygen atoms in total. The fourth-order valence-electron chi connectivity index (χ4n) is 5.43. The summed E-state index contributed by atoms with van der Waals surface area (Å²) in [6.45, 7) is 0.393. The number of carboxylic acids is 1. The first-order valence-corrected chi connectivity index (χ1v) is 14.1. The molecule has 2 aliphatic rings. The minimum Gasteiger partial charge on any atom is -0.475 e. The highest BCUT2D eigenvalue weighted by molar-refractivity contribution is 6.10. The van der Waals surface area contributed by atoms with Crippen molar-refractivity contribution < 1.29 is 59.4 Å². The number of carboxylic acid groups (broad SMARTS) is 1. The minimum absolute atomic E-state index is 0.00128. The van der Waals surface area contributed by atoms with Crippen LogP contribution in [-0.2, 0) is 9.59 Å². The quantitative estimate of drug-likeness (QED) is 0.285. The molecule has 5 rings (SSSR count). The van der Waals surface area contributed by atoms with E-state index in [0.717, 1.165) is 36.4 Å². The summed E-state index contributed by atoms with van der Waals surface area (Å²) < 4.78 is 103. The fourth-order valence-corrected chi connectivity index (χ4v) is 5.43. The summed E-state index contributed by atoms with van der Waals surface area (Å²) >= 11 is 0. The zero-order valence-corrected chi connectivity index (χ0v) is 24.7. The highest BCUT2D eigenvalue weighted by Crippen LogP contribution is 2.36. The van der Waals surface area contributed by atoms with Crippen LogP contribution in [0.3, 0.4) is 0 Å². The van der Waals surface area contributed by atoms with E-state index in [9.17, 15) is 49.5 Å². The van der Waals surface area contributed by atoms with Gasteiger partial charge in [-0.1, -0.05) is 18.2 Å². The minimum atomic E-state index is -5.08. The number of aliphatic carboxylic acids is 1. The molecule has 0 atom stereocenters. The lowest BCUT2D eigenvalue weighted by Gasteiger charge is -2.43. The van der Waals surface area contributed by atoms with Crippen LogP contribution >= 0.6 is 0 Å². The average molecular weight is 687 g/mol. The van der Waals surface area contributed by atoms with Crippen LogP contribution in [0.5, 0.6) is 0 Å². The van der Waals surface area contributed by atoms with Crippen LogP contribution in [0.25, 0.3) is 0 Å². The Bertz CT molecular complexity index is 1610. The first kappa shape index (κ1) is 35.8. The molecule has 2 fully saturated rings. The molecule has 2 saturated heterocycles. The van der Waals surface area contributed by atoms with Crippen molar-refractivity contribution in [2.75, 3.05) is 37.7 Å². The van der Waals surface area contributed by atoms with Gasteiger partial charge in [-0.15, -0.1) is 0 Å². The average Bonchev–Trinajstić information content (AvgIpc) is 3.32. The van der Waals surface area contributed by atoms with Crippen LogP contribution in [0.4, 0.5) is 40.8 Å². The topological polar surface area (TPSA) is 110 Å². The van der Waals surface area contributed by atoms with Crippen molar-refractivity contribution >= 4 is 29.4 Å². The highest BCUT2D eigenvalue weighted by atomic mass is 19.4. The molecule has 0 bridgehead atoms. The van der Waals surface area contributed by atoms with E-state index in [0.29, 0.717) is 36.5 Å². The third kappa shape index (κ3) is 7.56. The van der Waals surface area contributed by atoms with Crippen molar-refractivity contribution in [2.24, 2.45) is 0 Å². The van der Waals surface area contributed by atoms with Crippen molar-refractivity contribution in [3.05, 3.63) is 101 Å². The number of alkyl halides is 3. The van der Waals surface area contributed by atoms with Gasteiger partial charge in [0.1, 0.15) is 45.8 Å². The Kier molecular flexibility index (Phi) is 10.7. The van der Waals surface area contributed by atoms with Gasteiger partial charge in [0.25, 0.3) is 11.8 Å². The number of piperidine rings is 1. The highest BCUT2D eigenvalue weighted by Gasteiger charge is 2.50. The smallest absolute Gasteiger partial charge is 0.475 e. The number of amides is 3. The molecule has 256 valence electrons. The van der Waals surface area contributed by atoms with Gasteiger partial charge in [-0.05, 0) is 55.3 Å². The lowest BCUT2D eigenvalue weighted by molar-refractivity contribution is -0.192. The van der Waals surface area contributed by atoms with Gasteiger partial charge in [-0.2, -0.15) is 13.2 Å². The van der Waals surface area contributed by atoms with E-state index in [4.69, 9.17) is 9.90 Å². The third-order valence-corrected chi connectivity index (χ3v) is 7.87. The van der Waals surface area contributed by atoms with Gasteiger partial charge >= 0.3 is 12.1 Å². The molecule has 2 aliphatic heterocycles. The van der Waals surface area contributed by atoms with E-state index in [2.05, 4.69) is 5.32 Å². The van der Waals surface area contributed by atoms with Crippen molar-refractivity contribution in [1.29, 1.82) is 0 Å². The number of anilines is 1. The van der Waals surface area contributed by atoms with Gasteiger partial charge in [0.2, 0.25) is 5.91 Å². The van der Waals surface area contributed by atoms with Crippen LogP contribution in [0.15, 0.2) is 60.7 Å². The summed E-state index contributed by atoms with van der Waals surface area (Å²) in [5.41, 5.74) is -2.45. The molecule has 0 radical (unpaired) electrons. The Hall–Kier alpha value is -5.06. The van der Waals surface area contributed by atoms with Gasteiger partial charge in [-0.25, -0.2) is 26.7 Å². The molecule has 3 aromatic rings. The SMILES string of the molecule is O=C(O)C(F)(F)F.O=C(c1c(F)cccc1F)N(CCN1CCC2(CC1)C(=O)NCN2c1cccc(F)c1)C(=O)c1c(F)cccc1F. The van der Waals surface area contributed by atoms with E-state index in [1.54, 1.807) is 17.0 Å². The van der Waals surface area contributed by atoms with E-state index < -0.39 is 76.3 Å². The molecule has 3 aromatic carbocycles. The standard InChI is InChI=1S/C29H25F5N4O3.C2HF3O2/c30-18-4-1-5-19(16-18)38-17-35-28(41)29(38)10-12-36(13-11-29)14-15-37(26(39)24-20(31)6-2-7-21(24)32)27(40)25-22(33)8-3-9-23(25)34;3-2(4,5)1(6)7/h1-9,16H,10-15,17H2,(H,35,41);(H,6,7). The van der Waals surface area contributed by atoms with Gasteiger partial charge in [0, 0.05) is 31.9 Å². The largest absolute Gasteiger partial charge is 0.490 e. The Balaban J connectivity index is 0.000000671. The summed E-state index contributed by atoms with van der Waals surface area (Å²) in [4.78, 5) is 52.3. The number of carbonyl (C=O) groups is 4. The summed E-state index contributed by atoms with van der Waals surface area (Å²) in [5, 5.41) is 9.93. The maximum Gasteiger partial charge on any atom is 0.490 e. The number of hydrogen-bond donors (Lipinski definition) is 2. The number of imide groups is 1. The van der Waals surface area contributed by atoms with E-state index in [1.807, 2.05) is 4.90 Å². The van der Waals surface area contributed by atoms with Crippen molar-refractivity contribution in [2.45, 2.75) is 24.6 Å². The van der Waals surface area contributed by atoms with E-state index in [-0.39, 0.29) is 19.1 Å². The van der Waals surface area contributed by atoms with Gasteiger partial charge in [0.05, 0.1) is 6.67 Å². The number of halogens is 8. The molecule has 3 amide bonds. The van der Waals surface area contributed by atoms with Crippen LogP contribution < -0.4 is 10.2 Å². The number of nitrogens with zero attached hydrogens (tertiary/aromatic N) is 3. The number of hydrogen-bond acceptors (Lipinski definition) is 6. The maximum atomic E-state index is 14.5. The Labute approximate surface area is 267 Å². The zero-order valence-electron chi connectivity index (χ0n) is 24.7. The third-order valence-electron chi connectivity index (χ3n) is 7.87. The predicted octanol–water partition coefficient (Wildman–Crippen LogP) is 4.73. The maximum absolute atomic E-state index is 14.5. The normalized spacial score (nSPS) is 15.8. The molecule has 2 N–H and O–H groups in total. The van der Waals surface area contributed by atoms with Crippen LogP contribution in [-0.4, -0.2) is 83.2 Å². The molecule has 0 aliphatic carbocycles. The number of benzene rings is 3. The molecule has 17 heteroatoms. The number of nitrogens with one attached hydrogen (secondary N) is 1. The van der Waals surface area contributed by atoms with Crippen LogP contribution in [0.1, 0.15) is 33.6 Å². The van der Waals surface area contributed by atoms with Crippen LogP contribution in [0, 0.1) is 29.1 Å². The molecule has 0 aromatic heterocycles.